The molecule has 0 unspecified atom stereocenters. The van der Waals surface area contributed by atoms with Crippen molar-refractivity contribution in [1.29, 1.82) is 0 Å². The summed E-state index contributed by atoms with van der Waals surface area (Å²) in [5.41, 5.74) is 0.193. The minimum atomic E-state index is -0.738. The standard InChI is InChI=1S/C11H15ClO2/c1-11(2,13)7-8-4-5-9(14-3)6-10(8)12/h4-6,13H,7H2,1-3H3. The number of rotatable bonds is 3. The van der Waals surface area contributed by atoms with E-state index in [4.69, 9.17) is 16.3 Å². The topological polar surface area (TPSA) is 29.5 Å². The molecule has 0 bridgehead atoms. The van der Waals surface area contributed by atoms with Crippen LogP contribution in [0.2, 0.25) is 5.02 Å². The number of benzene rings is 1. The van der Waals surface area contributed by atoms with Crippen molar-refractivity contribution in [2.45, 2.75) is 25.9 Å². The third-order valence-electron chi connectivity index (χ3n) is 1.88. The van der Waals surface area contributed by atoms with Crippen molar-refractivity contribution in [2.75, 3.05) is 7.11 Å². The molecule has 1 N–H and O–H groups in total. The predicted molar refractivity (Wildman–Crippen MR) is 58.0 cm³/mol. The third kappa shape index (κ3) is 3.20. The Hall–Kier alpha value is -0.730. The minimum absolute atomic E-state index is 0.538. The van der Waals surface area contributed by atoms with Gasteiger partial charge in [-0.05, 0) is 31.5 Å². The van der Waals surface area contributed by atoms with Crippen molar-refractivity contribution < 1.29 is 9.84 Å². The average Bonchev–Trinajstić information content (AvgIpc) is 2.06. The number of hydrogen-bond donors (Lipinski definition) is 1. The molecule has 0 amide bonds. The summed E-state index contributed by atoms with van der Waals surface area (Å²) < 4.78 is 5.03. The number of halogens is 1. The highest BCUT2D eigenvalue weighted by Crippen LogP contribution is 2.25. The van der Waals surface area contributed by atoms with Crippen molar-refractivity contribution in [3.8, 4) is 5.75 Å². The van der Waals surface area contributed by atoms with Crippen LogP contribution in [0, 0.1) is 0 Å². The summed E-state index contributed by atoms with van der Waals surface area (Å²) in [7, 11) is 1.60. The van der Waals surface area contributed by atoms with Gasteiger partial charge in [0.1, 0.15) is 5.75 Å². The second-order valence-corrected chi connectivity index (χ2v) is 4.35. The molecule has 0 radical (unpaired) electrons. The average molecular weight is 215 g/mol. The second kappa shape index (κ2) is 4.20. The zero-order chi connectivity index (χ0) is 10.8. The highest BCUT2D eigenvalue weighted by Gasteiger charge is 2.15. The van der Waals surface area contributed by atoms with Gasteiger partial charge >= 0.3 is 0 Å². The summed E-state index contributed by atoms with van der Waals surface area (Å²) in [5, 5.41) is 10.3. The molecule has 78 valence electrons. The van der Waals surface area contributed by atoms with Crippen molar-refractivity contribution >= 4 is 11.6 Å². The van der Waals surface area contributed by atoms with Crippen molar-refractivity contribution in [3.05, 3.63) is 28.8 Å². The van der Waals surface area contributed by atoms with Crippen LogP contribution in [0.3, 0.4) is 0 Å². The van der Waals surface area contributed by atoms with Gasteiger partial charge in [-0.15, -0.1) is 0 Å². The van der Waals surface area contributed by atoms with Gasteiger partial charge in [0.25, 0.3) is 0 Å². The number of hydrogen-bond acceptors (Lipinski definition) is 2. The van der Waals surface area contributed by atoms with E-state index in [1.807, 2.05) is 12.1 Å². The van der Waals surface area contributed by atoms with Crippen LogP contribution < -0.4 is 4.74 Å². The fraction of sp³-hybridized carbons (Fsp3) is 0.455. The molecule has 0 aliphatic heterocycles. The fourth-order valence-electron chi connectivity index (χ4n) is 1.26. The predicted octanol–water partition coefficient (Wildman–Crippen LogP) is 2.66. The Kier molecular flexibility index (Phi) is 3.40. The van der Waals surface area contributed by atoms with Gasteiger partial charge in [0, 0.05) is 11.4 Å². The molecule has 1 rings (SSSR count). The molecule has 0 aliphatic rings. The monoisotopic (exact) mass is 214 g/mol. The smallest absolute Gasteiger partial charge is 0.120 e. The van der Waals surface area contributed by atoms with E-state index in [1.54, 1.807) is 27.0 Å². The molecule has 0 atom stereocenters. The van der Waals surface area contributed by atoms with Crippen LogP contribution in [-0.4, -0.2) is 17.8 Å². The molecule has 0 saturated heterocycles. The number of methoxy groups -OCH3 is 1. The van der Waals surface area contributed by atoms with Crippen LogP contribution in [0.4, 0.5) is 0 Å². The lowest BCUT2D eigenvalue weighted by Crippen LogP contribution is -2.21. The van der Waals surface area contributed by atoms with E-state index in [-0.39, 0.29) is 0 Å². The molecule has 1 aromatic carbocycles. The largest absolute Gasteiger partial charge is 0.497 e. The first-order valence-corrected chi connectivity index (χ1v) is 4.85. The molecule has 3 heteroatoms. The summed E-state index contributed by atoms with van der Waals surface area (Å²) in [6, 6.07) is 5.47. The molecule has 0 aliphatic carbocycles. The Labute approximate surface area is 89.5 Å². The van der Waals surface area contributed by atoms with Crippen molar-refractivity contribution in [3.63, 3.8) is 0 Å². The normalized spacial score (nSPS) is 11.5. The molecular weight excluding hydrogens is 200 g/mol. The highest BCUT2D eigenvalue weighted by molar-refractivity contribution is 6.31. The maximum atomic E-state index is 9.63. The Balaban J connectivity index is 2.89. The van der Waals surface area contributed by atoms with Crippen LogP contribution in [0.5, 0.6) is 5.75 Å². The Bertz CT molecular complexity index is 316. The first-order chi connectivity index (χ1) is 6.42. The van der Waals surface area contributed by atoms with Gasteiger partial charge in [0.15, 0.2) is 0 Å². The van der Waals surface area contributed by atoms with Crippen molar-refractivity contribution in [1.82, 2.24) is 0 Å². The Morgan fingerprint density at radius 1 is 1.43 bits per heavy atom. The van der Waals surface area contributed by atoms with Gasteiger partial charge in [0.2, 0.25) is 0 Å². The lowest BCUT2D eigenvalue weighted by Gasteiger charge is -2.18. The number of ether oxygens (including phenoxy) is 1. The fourth-order valence-corrected chi connectivity index (χ4v) is 1.50. The van der Waals surface area contributed by atoms with E-state index in [2.05, 4.69) is 0 Å². The quantitative estimate of drug-likeness (QED) is 0.839. The lowest BCUT2D eigenvalue weighted by molar-refractivity contribution is 0.0810. The summed E-state index contributed by atoms with van der Waals surface area (Å²) in [5.74, 6) is 0.731. The summed E-state index contributed by atoms with van der Waals surface area (Å²) in [6.45, 7) is 3.52. The van der Waals surface area contributed by atoms with Gasteiger partial charge in [-0.3, -0.25) is 0 Å². The Morgan fingerprint density at radius 2 is 2.07 bits per heavy atom. The minimum Gasteiger partial charge on any atom is -0.497 e. The summed E-state index contributed by atoms with van der Waals surface area (Å²) in [4.78, 5) is 0. The van der Waals surface area contributed by atoms with Crippen molar-refractivity contribution in [2.24, 2.45) is 0 Å². The highest BCUT2D eigenvalue weighted by atomic mass is 35.5. The first kappa shape index (κ1) is 11.3. The van der Waals surface area contributed by atoms with Crippen LogP contribution in [0.15, 0.2) is 18.2 Å². The lowest BCUT2D eigenvalue weighted by atomic mass is 9.99. The van der Waals surface area contributed by atoms with Gasteiger partial charge in [0.05, 0.1) is 12.7 Å². The zero-order valence-corrected chi connectivity index (χ0v) is 9.43. The zero-order valence-electron chi connectivity index (χ0n) is 8.67. The van der Waals surface area contributed by atoms with Gasteiger partial charge in [-0.25, -0.2) is 0 Å². The van der Waals surface area contributed by atoms with Gasteiger partial charge in [-0.2, -0.15) is 0 Å². The molecule has 0 fully saturated rings. The summed E-state index contributed by atoms with van der Waals surface area (Å²) >= 11 is 6.02. The van der Waals surface area contributed by atoms with Crippen LogP contribution in [-0.2, 0) is 6.42 Å². The number of aliphatic hydroxyl groups is 1. The van der Waals surface area contributed by atoms with E-state index in [1.165, 1.54) is 0 Å². The molecular formula is C11H15ClO2. The van der Waals surface area contributed by atoms with E-state index < -0.39 is 5.60 Å². The second-order valence-electron chi connectivity index (χ2n) is 3.95. The van der Waals surface area contributed by atoms with Crippen LogP contribution >= 0.6 is 11.6 Å². The molecule has 14 heavy (non-hydrogen) atoms. The third-order valence-corrected chi connectivity index (χ3v) is 2.24. The van der Waals surface area contributed by atoms with E-state index >= 15 is 0 Å². The first-order valence-electron chi connectivity index (χ1n) is 4.47. The van der Waals surface area contributed by atoms with E-state index in [0.29, 0.717) is 11.4 Å². The molecule has 0 saturated carbocycles. The SMILES string of the molecule is COc1ccc(CC(C)(C)O)c(Cl)c1. The maximum absolute atomic E-state index is 9.63. The van der Waals surface area contributed by atoms with Gasteiger partial charge in [-0.1, -0.05) is 17.7 Å². The summed E-state index contributed by atoms with van der Waals surface area (Å²) in [6.07, 6.45) is 0.538. The van der Waals surface area contributed by atoms with E-state index in [0.717, 1.165) is 11.3 Å². The molecule has 0 heterocycles. The van der Waals surface area contributed by atoms with Crippen LogP contribution in [0.25, 0.3) is 0 Å². The van der Waals surface area contributed by atoms with Crippen LogP contribution in [0.1, 0.15) is 19.4 Å². The molecule has 2 nitrogen and oxygen atoms in total. The van der Waals surface area contributed by atoms with E-state index in [9.17, 15) is 5.11 Å². The molecule has 1 aromatic rings. The maximum Gasteiger partial charge on any atom is 0.120 e. The van der Waals surface area contributed by atoms with Gasteiger partial charge < -0.3 is 9.84 Å². The molecule has 0 spiro atoms. The molecule has 0 aromatic heterocycles. The Morgan fingerprint density at radius 3 is 2.50 bits per heavy atom.